The molecule has 0 heterocycles. The lowest BCUT2D eigenvalue weighted by molar-refractivity contribution is -0.139. The molecule has 0 aromatic heterocycles. The summed E-state index contributed by atoms with van der Waals surface area (Å²) in [5.74, 6) is -0.858. The van der Waals surface area contributed by atoms with E-state index in [1.807, 2.05) is 13.8 Å². The maximum atomic E-state index is 10.1. The van der Waals surface area contributed by atoms with E-state index in [9.17, 15) is 4.79 Å². The van der Waals surface area contributed by atoms with Gasteiger partial charge in [0.2, 0.25) is 0 Å². The molecule has 3 nitrogen and oxygen atoms in total. The Bertz CT molecular complexity index is 111. The molecule has 2 N–H and O–H groups in total. The van der Waals surface area contributed by atoms with Crippen molar-refractivity contribution in [2.24, 2.45) is 5.92 Å². The maximum absolute atomic E-state index is 10.1. The van der Waals surface area contributed by atoms with Crippen molar-refractivity contribution in [3.63, 3.8) is 0 Å². The summed E-state index contributed by atoms with van der Waals surface area (Å²) in [6.07, 6.45) is -0.0220. The normalized spacial score (nSPS) is 16.3. The molecule has 0 bridgehead atoms. The van der Waals surface area contributed by atoms with Crippen molar-refractivity contribution in [3.05, 3.63) is 0 Å². The molecule has 0 saturated heterocycles. The zero-order valence-corrected chi connectivity index (χ0v) is 6.37. The summed E-state index contributed by atoms with van der Waals surface area (Å²) in [4.78, 5) is 10.1. The first kappa shape index (κ1) is 9.43. The molecule has 0 aromatic carbocycles. The number of aliphatic hydroxyl groups is 1. The smallest absolute Gasteiger partial charge is 0.305 e. The Morgan fingerprint density at radius 3 is 2.40 bits per heavy atom. The standard InChI is InChI=1S/C7H14O3/c1-3-5(2)6(8)4-7(9)10/h5-6,8H,3-4H2,1-2H3,(H,9,10)/t5-,6+/m0/s1. The Kier molecular flexibility index (Phi) is 4.03. The zero-order chi connectivity index (χ0) is 8.15. The molecule has 0 amide bonds. The first-order valence-electron chi connectivity index (χ1n) is 3.47. The van der Waals surface area contributed by atoms with E-state index >= 15 is 0 Å². The third-order valence-electron chi connectivity index (χ3n) is 1.68. The Hall–Kier alpha value is -0.570. The van der Waals surface area contributed by atoms with E-state index in [4.69, 9.17) is 10.2 Å². The van der Waals surface area contributed by atoms with Gasteiger partial charge in [-0.05, 0) is 5.92 Å². The van der Waals surface area contributed by atoms with Crippen molar-refractivity contribution < 1.29 is 15.0 Å². The van der Waals surface area contributed by atoms with Gasteiger partial charge in [-0.15, -0.1) is 0 Å². The largest absolute Gasteiger partial charge is 0.481 e. The number of hydrogen-bond donors (Lipinski definition) is 2. The van der Waals surface area contributed by atoms with Crippen LogP contribution < -0.4 is 0 Å². The van der Waals surface area contributed by atoms with E-state index in [1.54, 1.807) is 0 Å². The molecule has 0 rings (SSSR count). The summed E-state index contributed by atoms with van der Waals surface area (Å²) >= 11 is 0. The molecule has 0 saturated carbocycles. The van der Waals surface area contributed by atoms with Crippen LogP contribution in [0.2, 0.25) is 0 Å². The molecule has 0 fully saturated rings. The monoisotopic (exact) mass is 146 g/mol. The average molecular weight is 146 g/mol. The number of carboxylic acid groups (broad SMARTS) is 1. The van der Waals surface area contributed by atoms with Gasteiger partial charge in [-0.1, -0.05) is 20.3 Å². The summed E-state index contributed by atoms with van der Waals surface area (Å²) in [5, 5.41) is 17.4. The lowest BCUT2D eigenvalue weighted by Crippen LogP contribution is -2.20. The second kappa shape index (κ2) is 4.28. The first-order chi connectivity index (χ1) is 4.57. The van der Waals surface area contributed by atoms with Crippen LogP contribution in [0.5, 0.6) is 0 Å². The van der Waals surface area contributed by atoms with Crippen LogP contribution in [0.15, 0.2) is 0 Å². The van der Waals surface area contributed by atoms with Gasteiger partial charge in [-0.2, -0.15) is 0 Å². The lowest BCUT2D eigenvalue weighted by atomic mass is 10.00. The number of hydrogen-bond acceptors (Lipinski definition) is 2. The van der Waals surface area contributed by atoms with Gasteiger partial charge < -0.3 is 10.2 Å². The quantitative estimate of drug-likeness (QED) is 0.618. The van der Waals surface area contributed by atoms with Crippen molar-refractivity contribution in [1.82, 2.24) is 0 Å². The molecule has 60 valence electrons. The summed E-state index contributed by atoms with van der Waals surface area (Å²) in [5.41, 5.74) is 0. The SMILES string of the molecule is CC[C@H](C)[C@H](O)CC(=O)O. The van der Waals surface area contributed by atoms with Crippen LogP contribution in [0, 0.1) is 5.92 Å². The number of carbonyl (C=O) groups is 1. The average Bonchev–Trinajstić information content (AvgIpc) is 1.85. The number of aliphatic hydroxyl groups excluding tert-OH is 1. The predicted octanol–water partition coefficient (Wildman–Crippen LogP) is 0.868. The minimum atomic E-state index is -0.937. The van der Waals surface area contributed by atoms with Crippen LogP contribution in [0.25, 0.3) is 0 Å². The minimum Gasteiger partial charge on any atom is -0.481 e. The second-order valence-electron chi connectivity index (χ2n) is 2.55. The van der Waals surface area contributed by atoms with E-state index < -0.39 is 12.1 Å². The molecule has 3 heteroatoms. The Morgan fingerprint density at radius 2 is 2.10 bits per heavy atom. The van der Waals surface area contributed by atoms with E-state index in [-0.39, 0.29) is 12.3 Å². The van der Waals surface area contributed by atoms with Crippen LogP contribution in [0.1, 0.15) is 26.7 Å². The Morgan fingerprint density at radius 1 is 1.60 bits per heavy atom. The highest BCUT2D eigenvalue weighted by atomic mass is 16.4. The van der Waals surface area contributed by atoms with Crippen molar-refractivity contribution in [1.29, 1.82) is 0 Å². The Balaban J connectivity index is 3.61. The summed E-state index contributed by atoms with van der Waals surface area (Å²) in [6, 6.07) is 0. The highest BCUT2D eigenvalue weighted by Gasteiger charge is 2.14. The molecule has 0 aliphatic heterocycles. The van der Waals surface area contributed by atoms with Gasteiger partial charge in [-0.3, -0.25) is 4.79 Å². The van der Waals surface area contributed by atoms with Gasteiger partial charge >= 0.3 is 5.97 Å². The van der Waals surface area contributed by atoms with Crippen molar-refractivity contribution in [2.75, 3.05) is 0 Å². The fourth-order valence-corrected chi connectivity index (χ4v) is 0.652. The molecule has 0 aliphatic rings. The van der Waals surface area contributed by atoms with Gasteiger partial charge in [0, 0.05) is 0 Å². The summed E-state index contributed by atoms with van der Waals surface area (Å²) in [6.45, 7) is 3.77. The van der Waals surface area contributed by atoms with Gasteiger partial charge in [0.25, 0.3) is 0 Å². The van der Waals surface area contributed by atoms with Gasteiger partial charge in [0.1, 0.15) is 0 Å². The fraction of sp³-hybridized carbons (Fsp3) is 0.857. The highest BCUT2D eigenvalue weighted by Crippen LogP contribution is 2.09. The van der Waals surface area contributed by atoms with E-state index in [0.29, 0.717) is 0 Å². The Labute approximate surface area is 60.7 Å². The minimum absolute atomic E-state index is 0.0797. The molecular formula is C7H14O3. The van der Waals surface area contributed by atoms with Crippen molar-refractivity contribution in [2.45, 2.75) is 32.8 Å². The zero-order valence-electron chi connectivity index (χ0n) is 6.37. The molecule has 0 aromatic rings. The predicted molar refractivity (Wildman–Crippen MR) is 37.7 cm³/mol. The van der Waals surface area contributed by atoms with Crippen LogP contribution in [-0.2, 0) is 4.79 Å². The maximum Gasteiger partial charge on any atom is 0.305 e. The molecular weight excluding hydrogens is 132 g/mol. The summed E-state index contributed by atoms with van der Waals surface area (Å²) in [7, 11) is 0. The molecule has 0 spiro atoms. The number of aliphatic carboxylic acids is 1. The molecule has 2 atom stereocenters. The number of carboxylic acids is 1. The van der Waals surface area contributed by atoms with E-state index in [1.165, 1.54) is 0 Å². The summed E-state index contributed by atoms with van der Waals surface area (Å²) < 4.78 is 0. The lowest BCUT2D eigenvalue weighted by Gasteiger charge is -2.13. The fourth-order valence-electron chi connectivity index (χ4n) is 0.652. The second-order valence-corrected chi connectivity index (χ2v) is 2.55. The highest BCUT2D eigenvalue weighted by molar-refractivity contribution is 5.67. The molecule has 0 aliphatic carbocycles. The molecule has 0 radical (unpaired) electrons. The van der Waals surface area contributed by atoms with E-state index in [2.05, 4.69) is 0 Å². The first-order valence-corrected chi connectivity index (χ1v) is 3.47. The van der Waals surface area contributed by atoms with Crippen LogP contribution in [0.4, 0.5) is 0 Å². The van der Waals surface area contributed by atoms with E-state index in [0.717, 1.165) is 6.42 Å². The van der Waals surface area contributed by atoms with Gasteiger partial charge in [0.15, 0.2) is 0 Å². The van der Waals surface area contributed by atoms with Gasteiger partial charge in [0.05, 0.1) is 12.5 Å². The molecule has 10 heavy (non-hydrogen) atoms. The third kappa shape index (κ3) is 3.45. The van der Waals surface area contributed by atoms with Crippen molar-refractivity contribution >= 4 is 5.97 Å². The topological polar surface area (TPSA) is 57.5 Å². The van der Waals surface area contributed by atoms with Gasteiger partial charge in [-0.25, -0.2) is 0 Å². The van der Waals surface area contributed by atoms with Crippen LogP contribution >= 0.6 is 0 Å². The van der Waals surface area contributed by atoms with Crippen molar-refractivity contribution in [3.8, 4) is 0 Å². The molecule has 0 unspecified atom stereocenters. The van der Waals surface area contributed by atoms with Crippen LogP contribution in [0.3, 0.4) is 0 Å². The third-order valence-corrected chi connectivity index (χ3v) is 1.68. The van der Waals surface area contributed by atoms with Crippen LogP contribution in [-0.4, -0.2) is 22.3 Å². The number of rotatable bonds is 4.